The van der Waals surface area contributed by atoms with Crippen LogP contribution >= 0.6 is 0 Å². The number of hydrogen-bond acceptors (Lipinski definition) is 4. The molecule has 0 aliphatic rings. The summed E-state index contributed by atoms with van der Waals surface area (Å²) in [6.45, 7) is 0.749. The number of carbonyl (C=O) groups excluding carboxylic acids is 1. The smallest absolute Gasteiger partial charge is 0.335 e. The first-order valence-corrected chi connectivity index (χ1v) is 4.61. The second kappa shape index (κ2) is 5.82. The Bertz CT molecular complexity index is 392. The summed E-state index contributed by atoms with van der Waals surface area (Å²) in [5.41, 5.74) is 0.114. The third-order valence-electron chi connectivity index (χ3n) is 1.83. The van der Waals surface area contributed by atoms with Gasteiger partial charge in [0.1, 0.15) is 5.69 Å². The average Bonchev–Trinajstić information content (AvgIpc) is 2.29. The fourth-order valence-electron chi connectivity index (χ4n) is 1.04. The molecule has 0 spiro atoms. The molecule has 6 nitrogen and oxygen atoms in total. The molecule has 1 amide bonds. The van der Waals surface area contributed by atoms with Gasteiger partial charge in [-0.15, -0.1) is 0 Å². The topological polar surface area (TPSA) is 88.5 Å². The maximum Gasteiger partial charge on any atom is 0.335 e. The number of nitrogens with one attached hydrogen (secondary N) is 1. The van der Waals surface area contributed by atoms with Crippen molar-refractivity contribution < 1.29 is 19.4 Å². The quantitative estimate of drug-likeness (QED) is 0.695. The fraction of sp³-hybridized carbons (Fsp3) is 0.300. The molecule has 0 unspecified atom stereocenters. The van der Waals surface area contributed by atoms with Crippen molar-refractivity contribution in [2.24, 2.45) is 0 Å². The first-order chi connectivity index (χ1) is 7.65. The van der Waals surface area contributed by atoms with E-state index in [1.807, 2.05) is 0 Å². The zero-order valence-electron chi connectivity index (χ0n) is 8.77. The fourth-order valence-corrected chi connectivity index (χ4v) is 1.04. The number of hydrogen-bond donors (Lipinski definition) is 2. The van der Waals surface area contributed by atoms with Crippen LogP contribution in [0.2, 0.25) is 0 Å². The Hall–Kier alpha value is -1.95. The number of ether oxygens (including phenoxy) is 1. The van der Waals surface area contributed by atoms with Gasteiger partial charge in [-0.3, -0.25) is 9.78 Å². The predicted octanol–water partition coefficient (Wildman–Crippen LogP) is 0.156. The second-order valence-electron chi connectivity index (χ2n) is 2.98. The standard InChI is InChI=1S/C10H12N2O4/c1-16-5-4-12-9(13)8-6-7(10(14)15)2-3-11-8/h2-3,6H,4-5H2,1H3,(H,12,13)(H,14,15). The normalized spacial score (nSPS) is 9.81. The van der Waals surface area contributed by atoms with E-state index in [1.54, 1.807) is 0 Å². The van der Waals surface area contributed by atoms with Crippen LogP contribution in [0.4, 0.5) is 0 Å². The zero-order chi connectivity index (χ0) is 12.0. The monoisotopic (exact) mass is 224 g/mol. The van der Waals surface area contributed by atoms with Gasteiger partial charge >= 0.3 is 5.97 Å². The summed E-state index contributed by atoms with van der Waals surface area (Å²) in [6, 6.07) is 2.55. The SMILES string of the molecule is COCCNC(=O)c1cc(C(=O)O)ccn1. The lowest BCUT2D eigenvalue weighted by molar-refractivity contribution is 0.0696. The largest absolute Gasteiger partial charge is 0.478 e. The first-order valence-electron chi connectivity index (χ1n) is 4.61. The Morgan fingerprint density at radius 1 is 1.56 bits per heavy atom. The van der Waals surface area contributed by atoms with Crippen molar-refractivity contribution >= 4 is 11.9 Å². The molecule has 1 heterocycles. The predicted molar refractivity (Wildman–Crippen MR) is 55.4 cm³/mol. The van der Waals surface area contributed by atoms with Gasteiger partial charge in [0.05, 0.1) is 12.2 Å². The first kappa shape index (κ1) is 12.1. The summed E-state index contributed by atoms with van der Waals surface area (Å²) < 4.78 is 4.76. The van der Waals surface area contributed by atoms with Gasteiger partial charge in [0.25, 0.3) is 5.91 Å². The number of carboxylic acids is 1. The highest BCUT2D eigenvalue weighted by Gasteiger charge is 2.09. The Balaban J connectivity index is 2.68. The van der Waals surface area contributed by atoms with Crippen LogP contribution in [0.5, 0.6) is 0 Å². The van der Waals surface area contributed by atoms with Gasteiger partial charge in [0.15, 0.2) is 0 Å². The van der Waals surface area contributed by atoms with Gasteiger partial charge in [0.2, 0.25) is 0 Å². The van der Waals surface area contributed by atoms with Crippen LogP contribution in [0.1, 0.15) is 20.8 Å². The molecule has 1 aromatic heterocycles. The van der Waals surface area contributed by atoms with Gasteiger partial charge in [-0.05, 0) is 12.1 Å². The number of methoxy groups -OCH3 is 1. The lowest BCUT2D eigenvalue weighted by Crippen LogP contribution is -2.27. The van der Waals surface area contributed by atoms with E-state index < -0.39 is 11.9 Å². The van der Waals surface area contributed by atoms with Gasteiger partial charge < -0.3 is 15.2 Å². The van der Waals surface area contributed by atoms with E-state index in [1.165, 1.54) is 25.4 Å². The van der Waals surface area contributed by atoms with Crippen molar-refractivity contribution in [2.45, 2.75) is 0 Å². The van der Waals surface area contributed by atoms with Crippen LogP contribution in [0.15, 0.2) is 18.3 Å². The van der Waals surface area contributed by atoms with E-state index >= 15 is 0 Å². The minimum Gasteiger partial charge on any atom is -0.478 e. The Morgan fingerprint density at radius 3 is 2.94 bits per heavy atom. The Labute approximate surface area is 92.3 Å². The lowest BCUT2D eigenvalue weighted by atomic mass is 10.2. The van der Waals surface area contributed by atoms with E-state index in [2.05, 4.69) is 10.3 Å². The van der Waals surface area contributed by atoms with Crippen LogP contribution < -0.4 is 5.32 Å². The molecule has 0 atom stereocenters. The molecule has 0 aliphatic carbocycles. The molecule has 6 heteroatoms. The van der Waals surface area contributed by atoms with Crippen molar-refractivity contribution in [3.05, 3.63) is 29.6 Å². The molecule has 0 saturated carbocycles. The Morgan fingerprint density at radius 2 is 2.31 bits per heavy atom. The third kappa shape index (κ3) is 3.32. The van der Waals surface area contributed by atoms with Crippen LogP contribution in [0, 0.1) is 0 Å². The molecule has 1 aromatic rings. The molecule has 0 aliphatic heterocycles. The summed E-state index contributed by atoms with van der Waals surface area (Å²) >= 11 is 0. The number of rotatable bonds is 5. The van der Waals surface area contributed by atoms with Crippen LogP contribution in [0.25, 0.3) is 0 Å². The van der Waals surface area contributed by atoms with Crippen molar-refractivity contribution in [3.63, 3.8) is 0 Å². The number of carbonyl (C=O) groups is 2. The molecule has 0 bridgehead atoms. The maximum absolute atomic E-state index is 11.5. The Kier molecular flexibility index (Phi) is 4.41. The number of carboxylic acid groups (broad SMARTS) is 1. The van der Waals surface area contributed by atoms with Gasteiger partial charge in [-0.2, -0.15) is 0 Å². The molecule has 0 aromatic carbocycles. The average molecular weight is 224 g/mol. The van der Waals surface area contributed by atoms with E-state index in [0.717, 1.165) is 0 Å². The van der Waals surface area contributed by atoms with Crippen molar-refractivity contribution in [2.75, 3.05) is 20.3 Å². The zero-order valence-corrected chi connectivity index (χ0v) is 8.77. The van der Waals surface area contributed by atoms with Crippen LogP contribution in [-0.4, -0.2) is 42.2 Å². The van der Waals surface area contributed by atoms with Gasteiger partial charge in [-0.25, -0.2) is 4.79 Å². The molecule has 1 rings (SSSR count). The number of aromatic carboxylic acids is 1. The molecule has 16 heavy (non-hydrogen) atoms. The molecule has 86 valence electrons. The van der Waals surface area contributed by atoms with Gasteiger partial charge in [0, 0.05) is 19.9 Å². The summed E-state index contributed by atoms with van der Waals surface area (Å²) in [5.74, 6) is -1.51. The van der Waals surface area contributed by atoms with Crippen molar-refractivity contribution in [1.29, 1.82) is 0 Å². The molecule has 0 fully saturated rings. The maximum atomic E-state index is 11.5. The summed E-state index contributed by atoms with van der Waals surface area (Å²) in [6.07, 6.45) is 1.29. The minimum atomic E-state index is -1.09. The van der Waals surface area contributed by atoms with Gasteiger partial charge in [-0.1, -0.05) is 0 Å². The number of aromatic nitrogens is 1. The summed E-state index contributed by atoms with van der Waals surface area (Å²) in [4.78, 5) is 25.9. The van der Waals surface area contributed by atoms with Crippen molar-refractivity contribution in [1.82, 2.24) is 10.3 Å². The third-order valence-corrected chi connectivity index (χ3v) is 1.83. The molecule has 0 radical (unpaired) electrons. The number of nitrogens with zero attached hydrogens (tertiary/aromatic N) is 1. The molecular formula is C10H12N2O4. The summed E-state index contributed by atoms with van der Waals surface area (Å²) in [7, 11) is 1.52. The second-order valence-corrected chi connectivity index (χ2v) is 2.98. The highest BCUT2D eigenvalue weighted by atomic mass is 16.5. The highest BCUT2D eigenvalue weighted by molar-refractivity contribution is 5.95. The molecule has 2 N–H and O–H groups in total. The van der Waals surface area contributed by atoms with E-state index in [0.29, 0.717) is 13.2 Å². The van der Waals surface area contributed by atoms with E-state index in [4.69, 9.17) is 9.84 Å². The molecule has 0 saturated heterocycles. The number of amides is 1. The highest BCUT2D eigenvalue weighted by Crippen LogP contribution is 2.01. The molecular weight excluding hydrogens is 212 g/mol. The van der Waals surface area contributed by atoms with E-state index in [-0.39, 0.29) is 11.3 Å². The van der Waals surface area contributed by atoms with Crippen molar-refractivity contribution in [3.8, 4) is 0 Å². The number of pyridine rings is 1. The summed E-state index contributed by atoms with van der Waals surface area (Å²) in [5, 5.41) is 11.3. The minimum absolute atomic E-state index is 0.0342. The lowest BCUT2D eigenvalue weighted by Gasteiger charge is -2.03. The van der Waals surface area contributed by atoms with E-state index in [9.17, 15) is 9.59 Å². The van der Waals surface area contributed by atoms with Crippen LogP contribution in [-0.2, 0) is 4.74 Å². The van der Waals surface area contributed by atoms with Crippen LogP contribution in [0.3, 0.4) is 0 Å².